The highest BCUT2D eigenvalue weighted by Gasteiger charge is 2.06. The number of nitrogens with zero attached hydrogens (tertiary/aromatic N) is 2. The molecular formula is C12H22N4. The summed E-state index contributed by atoms with van der Waals surface area (Å²) in [6.45, 7) is 6.68. The number of nitrogens with one attached hydrogen (secondary N) is 1. The summed E-state index contributed by atoms with van der Waals surface area (Å²) in [5, 5.41) is 3.32. The molecule has 4 heteroatoms. The highest BCUT2D eigenvalue weighted by atomic mass is 15.2. The lowest BCUT2D eigenvalue weighted by Crippen LogP contribution is -2.44. The molecule has 1 aromatic rings. The van der Waals surface area contributed by atoms with Gasteiger partial charge in [-0.25, -0.2) is 0 Å². The fourth-order valence-electron chi connectivity index (χ4n) is 1.56. The molecule has 0 saturated carbocycles. The van der Waals surface area contributed by atoms with Gasteiger partial charge in [-0.2, -0.15) is 0 Å². The second-order valence-corrected chi connectivity index (χ2v) is 3.76. The number of hydrogen-bond acceptors (Lipinski definition) is 4. The van der Waals surface area contributed by atoms with Crippen molar-refractivity contribution < 1.29 is 0 Å². The number of aromatic nitrogens is 1. The normalized spacial score (nSPS) is 16.3. The minimum absolute atomic E-state index is 0.823. The Bertz CT molecular complexity index is 207. The minimum atomic E-state index is 0.823. The number of rotatable bonds is 3. The average Bonchev–Trinajstić information content (AvgIpc) is 2.40. The predicted octanol–water partition coefficient (Wildman–Crippen LogP) is 0.322. The highest BCUT2D eigenvalue weighted by Crippen LogP contribution is 1.92. The topological polar surface area (TPSA) is 54.2 Å². The lowest BCUT2D eigenvalue weighted by molar-refractivity contribution is 0.240. The monoisotopic (exact) mass is 222 g/mol. The van der Waals surface area contributed by atoms with Crippen LogP contribution in [0, 0.1) is 0 Å². The summed E-state index contributed by atoms with van der Waals surface area (Å²) >= 11 is 0. The Kier molecular flexibility index (Phi) is 7.59. The molecule has 1 saturated heterocycles. The van der Waals surface area contributed by atoms with Gasteiger partial charge in [0.05, 0.1) is 0 Å². The van der Waals surface area contributed by atoms with Crippen molar-refractivity contribution in [3.63, 3.8) is 0 Å². The largest absolute Gasteiger partial charge is 0.330 e. The van der Waals surface area contributed by atoms with Gasteiger partial charge in [-0.05, 0) is 31.6 Å². The van der Waals surface area contributed by atoms with Crippen molar-refractivity contribution in [2.24, 2.45) is 5.73 Å². The second kappa shape index (κ2) is 9.27. The molecule has 2 rings (SSSR count). The fraction of sp³-hybridized carbons (Fsp3) is 0.583. The number of pyridine rings is 1. The van der Waals surface area contributed by atoms with Crippen molar-refractivity contribution in [2.45, 2.75) is 6.42 Å². The van der Waals surface area contributed by atoms with E-state index in [1.165, 1.54) is 19.6 Å². The van der Waals surface area contributed by atoms with Crippen LogP contribution in [0.3, 0.4) is 0 Å². The van der Waals surface area contributed by atoms with Crippen LogP contribution < -0.4 is 11.1 Å². The quantitative estimate of drug-likeness (QED) is 0.773. The van der Waals surface area contributed by atoms with Crippen molar-refractivity contribution in [3.8, 4) is 0 Å². The molecule has 1 fully saturated rings. The summed E-state index contributed by atoms with van der Waals surface area (Å²) in [6, 6.07) is 5.72. The zero-order chi connectivity index (χ0) is 11.5. The SMILES string of the molecule is NCCCN1CCNCC1.c1ccncc1. The molecule has 0 atom stereocenters. The van der Waals surface area contributed by atoms with Gasteiger partial charge in [0.15, 0.2) is 0 Å². The zero-order valence-corrected chi connectivity index (χ0v) is 9.81. The molecule has 4 nitrogen and oxygen atoms in total. The van der Waals surface area contributed by atoms with Crippen LogP contribution in [0.15, 0.2) is 30.6 Å². The highest BCUT2D eigenvalue weighted by molar-refractivity contribution is 4.88. The Morgan fingerprint density at radius 1 is 1.12 bits per heavy atom. The van der Waals surface area contributed by atoms with Crippen LogP contribution in [0.4, 0.5) is 0 Å². The van der Waals surface area contributed by atoms with Gasteiger partial charge in [0.1, 0.15) is 0 Å². The van der Waals surface area contributed by atoms with Gasteiger partial charge in [0.2, 0.25) is 0 Å². The molecule has 1 aliphatic heterocycles. The first-order chi connectivity index (χ1) is 7.93. The molecule has 0 unspecified atom stereocenters. The lowest BCUT2D eigenvalue weighted by atomic mass is 10.3. The molecule has 16 heavy (non-hydrogen) atoms. The second-order valence-electron chi connectivity index (χ2n) is 3.76. The first-order valence-electron chi connectivity index (χ1n) is 5.91. The number of piperazine rings is 1. The maximum Gasteiger partial charge on any atom is 0.0267 e. The van der Waals surface area contributed by atoms with E-state index in [2.05, 4.69) is 15.2 Å². The molecule has 0 radical (unpaired) electrons. The molecule has 90 valence electrons. The van der Waals surface area contributed by atoms with Crippen LogP contribution in [0.1, 0.15) is 6.42 Å². The summed E-state index contributed by atoms with van der Waals surface area (Å²) in [5.74, 6) is 0. The van der Waals surface area contributed by atoms with Crippen molar-refractivity contribution >= 4 is 0 Å². The standard InChI is InChI=1S/C7H17N3.C5H5N/c8-2-1-5-10-6-3-9-4-7-10;1-2-4-6-5-3-1/h9H,1-8H2;1-5H. The van der Waals surface area contributed by atoms with E-state index < -0.39 is 0 Å². The van der Waals surface area contributed by atoms with Crippen LogP contribution >= 0.6 is 0 Å². The maximum absolute atomic E-state index is 5.40. The number of hydrogen-bond donors (Lipinski definition) is 2. The van der Waals surface area contributed by atoms with Gasteiger partial charge in [-0.1, -0.05) is 6.07 Å². The minimum Gasteiger partial charge on any atom is -0.330 e. The molecule has 0 aliphatic carbocycles. The van der Waals surface area contributed by atoms with E-state index in [0.717, 1.165) is 26.1 Å². The molecule has 2 heterocycles. The summed E-state index contributed by atoms with van der Waals surface area (Å²) < 4.78 is 0. The molecule has 0 spiro atoms. The smallest absolute Gasteiger partial charge is 0.0267 e. The molecule has 0 bridgehead atoms. The summed E-state index contributed by atoms with van der Waals surface area (Å²) in [6.07, 6.45) is 4.64. The molecule has 3 N–H and O–H groups in total. The number of nitrogens with two attached hydrogens (primary N) is 1. The third-order valence-electron chi connectivity index (χ3n) is 2.45. The molecular weight excluding hydrogens is 200 g/mol. The van der Waals surface area contributed by atoms with Crippen molar-refractivity contribution in [2.75, 3.05) is 39.3 Å². The lowest BCUT2D eigenvalue weighted by Gasteiger charge is -2.26. The Morgan fingerprint density at radius 3 is 2.25 bits per heavy atom. The van der Waals surface area contributed by atoms with Gasteiger partial charge in [0.25, 0.3) is 0 Å². The fourth-order valence-corrected chi connectivity index (χ4v) is 1.56. The molecule has 1 aromatic heterocycles. The Balaban J connectivity index is 0.000000181. The zero-order valence-electron chi connectivity index (χ0n) is 9.81. The van der Waals surface area contributed by atoms with E-state index in [0.29, 0.717) is 0 Å². The van der Waals surface area contributed by atoms with Crippen molar-refractivity contribution in [3.05, 3.63) is 30.6 Å². The average molecular weight is 222 g/mol. The Hall–Kier alpha value is -0.970. The predicted molar refractivity (Wildman–Crippen MR) is 67.2 cm³/mol. The van der Waals surface area contributed by atoms with E-state index in [9.17, 15) is 0 Å². The maximum atomic E-state index is 5.40. The van der Waals surface area contributed by atoms with Crippen LogP contribution in [0.2, 0.25) is 0 Å². The Morgan fingerprint density at radius 2 is 1.81 bits per heavy atom. The van der Waals surface area contributed by atoms with Crippen molar-refractivity contribution in [1.29, 1.82) is 0 Å². The summed E-state index contributed by atoms with van der Waals surface area (Å²) in [4.78, 5) is 6.25. The summed E-state index contributed by atoms with van der Waals surface area (Å²) in [7, 11) is 0. The van der Waals surface area contributed by atoms with E-state index >= 15 is 0 Å². The van der Waals surface area contributed by atoms with Gasteiger partial charge in [-0.15, -0.1) is 0 Å². The van der Waals surface area contributed by atoms with Gasteiger partial charge >= 0.3 is 0 Å². The van der Waals surface area contributed by atoms with Gasteiger partial charge in [-0.3, -0.25) is 4.98 Å². The van der Waals surface area contributed by atoms with Crippen molar-refractivity contribution in [1.82, 2.24) is 15.2 Å². The van der Waals surface area contributed by atoms with Gasteiger partial charge < -0.3 is 16.0 Å². The molecule has 0 aromatic carbocycles. The molecule has 1 aliphatic rings. The van der Waals surface area contributed by atoms with Gasteiger partial charge in [0, 0.05) is 38.6 Å². The Labute approximate surface area is 97.9 Å². The third-order valence-corrected chi connectivity index (χ3v) is 2.45. The van der Waals surface area contributed by atoms with E-state index in [4.69, 9.17) is 5.73 Å². The van der Waals surface area contributed by atoms with E-state index in [1.807, 2.05) is 18.2 Å². The molecule has 0 amide bonds. The third kappa shape index (κ3) is 6.50. The van der Waals surface area contributed by atoms with Crippen LogP contribution in [-0.2, 0) is 0 Å². The first kappa shape index (κ1) is 13.1. The van der Waals surface area contributed by atoms with Crippen LogP contribution in [0.5, 0.6) is 0 Å². The van der Waals surface area contributed by atoms with E-state index in [1.54, 1.807) is 12.4 Å². The van der Waals surface area contributed by atoms with Crippen LogP contribution in [0.25, 0.3) is 0 Å². The van der Waals surface area contributed by atoms with E-state index in [-0.39, 0.29) is 0 Å². The first-order valence-corrected chi connectivity index (χ1v) is 5.91. The summed E-state index contributed by atoms with van der Waals surface area (Å²) in [5.41, 5.74) is 5.40. The van der Waals surface area contributed by atoms with Crippen LogP contribution in [-0.4, -0.2) is 49.2 Å².